The standard InChI is InChI=1S/C24H33N5O6/c1-16(22(32)26-14-21(31)28-13-5-7-19(28)17(2)30)27-23(33)20-6-3-4-12-29(20)24(34)35-15-18-8-10-25-11-9-18/h8-11,16,19-20H,3-7,12-15H2,1-2H3,(H,26,32)(H,27,33)/t16-,19-,20?/m0/s1. The Balaban J connectivity index is 1.49. The van der Waals surface area contributed by atoms with Gasteiger partial charge in [0.2, 0.25) is 17.7 Å². The van der Waals surface area contributed by atoms with Crippen molar-refractivity contribution in [3.05, 3.63) is 30.1 Å². The summed E-state index contributed by atoms with van der Waals surface area (Å²) in [5, 5.41) is 5.17. The van der Waals surface area contributed by atoms with E-state index in [1.165, 1.54) is 23.6 Å². The number of rotatable bonds is 8. The van der Waals surface area contributed by atoms with Gasteiger partial charge in [0.25, 0.3) is 0 Å². The lowest BCUT2D eigenvalue weighted by Gasteiger charge is -2.34. The number of nitrogens with one attached hydrogen (secondary N) is 2. The highest BCUT2D eigenvalue weighted by Gasteiger charge is 2.35. The summed E-state index contributed by atoms with van der Waals surface area (Å²) >= 11 is 0. The number of Topliss-reactive ketones (excluding diaryl/α,β-unsaturated/α-hetero) is 1. The molecule has 3 rings (SSSR count). The molecule has 3 atom stereocenters. The third-order valence-corrected chi connectivity index (χ3v) is 6.36. The number of piperidine rings is 1. The van der Waals surface area contributed by atoms with Gasteiger partial charge in [-0.25, -0.2) is 4.79 Å². The van der Waals surface area contributed by atoms with Gasteiger partial charge in [-0.15, -0.1) is 0 Å². The molecular formula is C24H33N5O6. The zero-order valence-electron chi connectivity index (χ0n) is 20.2. The van der Waals surface area contributed by atoms with Gasteiger partial charge in [-0.05, 0) is 63.6 Å². The number of carbonyl (C=O) groups excluding carboxylic acids is 5. The number of likely N-dealkylation sites (tertiary alicyclic amines) is 2. The fourth-order valence-electron chi connectivity index (χ4n) is 4.41. The average Bonchev–Trinajstić information content (AvgIpc) is 3.37. The number of pyridine rings is 1. The highest BCUT2D eigenvalue weighted by atomic mass is 16.6. The average molecular weight is 488 g/mol. The van der Waals surface area contributed by atoms with Crippen molar-refractivity contribution in [1.29, 1.82) is 0 Å². The van der Waals surface area contributed by atoms with Gasteiger partial charge in [0.05, 0.1) is 12.6 Å². The monoisotopic (exact) mass is 487 g/mol. The third-order valence-electron chi connectivity index (χ3n) is 6.36. The number of nitrogens with zero attached hydrogens (tertiary/aromatic N) is 3. The molecule has 0 aliphatic carbocycles. The van der Waals surface area contributed by atoms with Crippen LogP contribution in [0.1, 0.15) is 51.5 Å². The molecule has 190 valence electrons. The molecule has 0 radical (unpaired) electrons. The highest BCUT2D eigenvalue weighted by Crippen LogP contribution is 2.19. The first-order valence-electron chi connectivity index (χ1n) is 12.0. The fourth-order valence-corrected chi connectivity index (χ4v) is 4.41. The van der Waals surface area contributed by atoms with Gasteiger partial charge in [-0.2, -0.15) is 0 Å². The Morgan fingerprint density at radius 1 is 1.03 bits per heavy atom. The van der Waals surface area contributed by atoms with Crippen LogP contribution in [0.4, 0.5) is 4.79 Å². The van der Waals surface area contributed by atoms with E-state index in [2.05, 4.69) is 15.6 Å². The Morgan fingerprint density at radius 3 is 2.43 bits per heavy atom. The molecule has 11 heteroatoms. The molecule has 35 heavy (non-hydrogen) atoms. The molecule has 3 heterocycles. The number of ether oxygens (including phenoxy) is 1. The molecule has 0 spiro atoms. The number of aromatic nitrogens is 1. The molecule has 4 amide bonds. The van der Waals surface area contributed by atoms with Gasteiger partial charge >= 0.3 is 6.09 Å². The van der Waals surface area contributed by atoms with Crippen molar-refractivity contribution in [2.45, 2.75) is 70.7 Å². The van der Waals surface area contributed by atoms with Crippen molar-refractivity contribution < 1.29 is 28.7 Å². The molecule has 1 aromatic rings. The van der Waals surface area contributed by atoms with Crippen LogP contribution in [0, 0.1) is 0 Å². The minimum Gasteiger partial charge on any atom is -0.445 e. The maximum Gasteiger partial charge on any atom is 0.410 e. The number of hydrogen-bond donors (Lipinski definition) is 2. The largest absolute Gasteiger partial charge is 0.445 e. The van der Waals surface area contributed by atoms with Crippen molar-refractivity contribution >= 4 is 29.6 Å². The minimum absolute atomic E-state index is 0.0700. The van der Waals surface area contributed by atoms with E-state index in [0.717, 1.165) is 24.8 Å². The normalized spacial score (nSPS) is 20.6. The van der Waals surface area contributed by atoms with E-state index < -0.39 is 36.0 Å². The summed E-state index contributed by atoms with van der Waals surface area (Å²) in [4.78, 5) is 69.0. The van der Waals surface area contributed by atoms with Crippen LogP contribution in [-0.2, 0) is 30.5 Å². The van der Waals surface area contributed by atoms with Crippen molar-refractivity contribution in [1.82, 2.24) is 25.4 Å². The van der Waals surface area contributed by atoms with Crippen LogP contribution in [0.3, 0.4) is 0 Å². The molecule has 2 aliphatic rings. The number of hydrogen-bond acceptors (Lipinski definition) is 7. The summed E-state index contributed by atoms with van der Waals surface area (Å²) in [6, 6.07) is 1.39. The van der Waals surface area contributed by atoms with Crippen LogP contribution in [0.15, 0.2) is 24.5 Å². The van der Waals surface area contributed by atoms with Crippen LogP contribution in [0.25, 0.3) is 0 Å². The molecule has 0 saturated carbocycles. The van der Waals surface area contributed by atoms with E-state index in [4.69, 9.17) is 4.74 Å². The molecule has 2 N–H and O–H groups in total. The van der Waals surface area contributed by atoms with Crippen LogP contribution in [0.5, 0.6) is 0 Å². The second-order valence-corrected chi connectivity index (χ2v) is 8.92. The molecule has 2 fully saturated rings. The molecule has 0 bridgehead atoms. The first-order valence-corrected chi connectivity index (χ1v) is 12.0. The predicted molar refractivity (Wildman–Crippen MR) is 125 cm³/mol. The Labute approximate surface area is 204 Å². The number of amides is 4. The van der Waals surface area contributed by atoms with Crippen molar-refractivity contribution in [3.8, 4) is 0 Å². The first kappa shape index (κ1) is 26.1. The number of carbonyl (C=O) groups is 5. The third kappa shape index (κ3) is 7.00. The molecule has 2 aliphatic heterocycles. The van der Waals surface area contributed by atoms with E-state index in [-0.39, 0.29) is 24.8 Å². The zero-order chi connectivity index (χ0) is 25.4. The molecule has 11 nitrogen and oxygen atoms in total. The van der Waals surface area contributed by atoms with Crippen molar-refractivity contribution in [3.63, 3.8) is 0 Å². The summed E-state index contributed by atoms with van der Waals surface area (Å²) in [5.41, 5.74) is 0.787. The number of ketones is 1. The maximum absolute atomic E-state index is 12.9. The van der Waals surface area contributed by atoms with Gasteiger partial charge in [0.1, 0.15) is 18.7 Å². The summed E-state index contributed by atoms with van der Waals surface area (Å²) in [7, 11) is 0. The van der Waals surface area contributed by atoms with Crippen LogP contribution in [0.2, 0.25) is 0 Å². The Kier molecular flexibility index (Phi) is 9.16. The Morgan fingerprint density at radius 2 is 1.71 bits per heavy atom. The second kappa shape index (κ2) is 12.3. The lowest BCUT2D eigenvalue weighted by molar-refractivity contribution is -0.138. The fraction of sp³-hybridized carbons (Fsp3) is 0.583. The smallest absolute Gasteiger partial charge is 0.410 e. The summed E-state index contributed by atoms with van der Waals surface area (Å²) in [6.07, 6.45) is 5.99. The first-order chi connectivity index (χ1) is 16.8. The molecule has 1 aromatic heterocycles. The van der Waals surface area contributed by atoms with Crippen LogP contribution < -0.4 is 10.6 Å². The van der Waals surface area contributed by atoms with Crippen LogP contribution in [-0.4, -0.2) is 82.1 Å². The lowest BCUT2D eigenvalue weighted by Crippen LogP contribution is -2.56. The summed E-state index contributed by atoms with van der Waals surface area (Å²) in [5.74, 6) is -1.37. The molecule has 1 unspecified atom stereocenters. The van der Waals surface area contributed by atoms with E-state index in [1.807, 2.05) is 0 Å². The lowest BCUT2D eigenvalue weighted by atomic mass is 10.0. The van der Waals surface area contributed by atoms with Crippen LogP contribution >= 0.6 is 0 Å². The summed E-state index contributed by atoms with van der Waals surface area (Å²) in [6.45, 7) is 3.66. The van der Waals surface area contributed by atoms with Gasteiger partial charge in [0.15, 0.2) is 5.78 Å². The SMILES string of the molecule is CC(=O)[C@@H]1CCCN1C(=O)CNC(=O)[C@H](C)NC(=O)C1CCCCN1C(=O)OCc1ccncc1. The highest BCUT2D eigenvalue weighted by molar-refractivity contribution is 5.94. The van der Waals surface area contributed by atoms with Crippen molar-refractivity contribution in [2.24, 2.45) is 0 Å². The molecule has 2 saturated heterocycles. The quantitative estimate of drug-likeness (QED) is 0.552. The van der Waals surface area contributed by atoms with Gasteiger partial charge < -0.3 is 20.3 Å². The maximum atomic E-state index is 12.9. The van der Waals surface area contributed by atoms with E-state index in [9.17, 15) is 24.0 Å². The zero-order valence-corrected chi connectivity index (χ0v) is 20.2. The Bertz CT molecular complexity index is 940. The predicted octanol–water partition coefficient (Wildman–Crippen LogP) is 0.774. The van der Waals surface area contributed by atoms with Gasteiger partial charge in [-0.1, -0.05) is 0 Å². The molecule has 0 aromatic carbocycles. The molecular weight excluding hydrogens is 454 g/mol. The van der Waals surface area contributed by atoms with Gasteiger partial charge in [0, 0.05) is 25.5 Å². The van der Waals surface area contributed by atoms with E-state index in [0.29, 0.717) is 25.9 Å². The van der Waals surface area contributed by atoms with Crippen molar-refractivity contribution in [2.75, 3.05) is 19.6 Å². The van der Waals surface area contributed by atoms with Gasteiger partial charge in [-0.3, -0.25) is 29.1 Å². The Hall–Kier alpha value is -3.50. The summed E-state index contributed by atoms with van der Waals surface area (Å²) < 4.78 is 5.37. The van der Waals surface area contributed by atoms with E-state index in [1.54, 1.807) is 24.5 Å². The minimum atomic E-state index is -0.908. The van der Waals surface area contributed by atoms with E-state index >= 15 is 0 Å². The second-order valence-electron chi connectivity index (χ2n) is 8.92. The topological polar surface area (TPSA) is 138 Å².